The zero-order valence-corrected chi connectivity index (χ0v) is 18.9. The lowest BCUT2D eigenvalue weighted by Gasteiger charge is -2.17. The van der Waals surface area contributed by atoms with Crippen LogP contribution >= 0.6 is 0 Å². The van der Waals surface area contributed by atoms with Crippen molar-refractivity contribution in [2.24, 2.45) is 0 Å². The molecule has 0 aromatic heterocycles. The van der Waals surface area contributed by atoms with E-state index >= 15 is 0 Å². The van der Waals surface area contributed by atoms with E-state index in [9.17, 15) is 13.2 Å². The zero-order chi connectivity index (χ0) is 23.8. The van der Waals surface area contributed by atoms with E-state index in [4.69, 9.17) is 14.2 Å². The summed E-state index contributed by atoms with van der Waals surface area (Å²) in [5.74, 6) is 1.39. The fourth-order valence-electron chi connectivity index (χ4n) is 3.41. The van der Waals surface area contributed by atoms with Gasteiger partial charge in [0, 0.05) is 25.3 Å². The molecule has 1 atom stereocenters. The smallest absolute Gasteiger partial charge is 0.416 e. The van der Waals surface area contributed by atoms with Gasteiger partial charge in [0.1, 0.15) is 18.1 Å². The highest BCUT2D eigenvalue weighted by Gasteiger charge is 2.30. The molecule has 0 aliphatic rings. The first-order chi connectivity index (χ1) is 15.8. The number of rotatable bonds is 10. The molecule has 0 amide bonds. The largest absolute Gasteiger partial charge is 0.497 e. The minimum absolute atomic E-state index is 0.0762. The van der Waals surface area contributed by atoms with Gasteiger partial charge in [0.25, 0.3) is 0 Å². The normalized spacial score (nSPS) is 12.4. The van der Waals surface area contributed by atoms with Gasteiger partial charge in [0.05, 0.1) is 19.3 Å². The molecule has 7 heteroatoms. The van der Waals surface area contributed by atoms with Crippen molar-refractivity contribution in [2.45, 2.75) is 25.7 Å². The molecule has 3 aromatic rings. The lowest BCUT2D eigenvalue weighted by Crippen LogP contribution is -2.18. The van der Waals surface area contributed by atoms with Gasteiger partial charge < -0.3 is 19.5 Å². The van der Waals surface area contributed by atoms with Gasteiger partial charge in [0.15, 0.2) is 0 Å². The standard InChI is InChI=1S/C26H28F3NO3/c1-18(21-5-4-6-23(16-21)32-3)30-17-19-7-12-25(33-14-13-31-2)24(15-19)20-8-10-22(11-9-20)26(27,28)29/h4-12,15-16,18,30H,13-14,17H2,1-3H3. The summed E-state index contributed by atoms with van der Waals surface area (Å²) in [7, 11) is 3.22. The molecule has 0 aliphatic carbocycles. The van der Waals surface area contributed by atoms with Crippen molar-refractivity contribution in [3.63, 3.8) is 0 Å². The Kier molecular flexibility index (Phi) is 8.36. The highest BCUT2D eigenvalue weighted by molar-refractivity contribution is 5.71. The van der Waals surface area contributed by atoms with Gasteiger partial charge in [0.2, 0.25) is 0 Å². The van der Waals surface area contributed by atoms with Crippen LogP contribution < -0.4 is 14.8 Å². The first kappa shape index (κ1) is 24.6. The van der Waals surface area contributed by atoms with E-state index in [-0.39, 0.29) is 6.04 Å². The van der Waals surface area contributed by atoms with Crippen LogP contribution in [0, 0.1) is 0 Å². The van der Waals surface area contributed by atoms with Crippen LogP contribution in [-0.4, -0.2) is 27.4 Å². The Morgan fingerprint density at radius 1 is 0.909 bits per heavy atom. The van der Waals surface area contributed by atoms with Crippen molar-refractivity contribution in [3.8, 4) is 22.6 Å². The van der Waals surface area contributed by atoms with Gasteiger partial charge in [-0.3, -0.25) is 0 Å². The topological polar surface area (TPSA) is 39.7 Å². The van der Waals surface area contributed by atoms with E-state index in [2.05, 4.69) is 12.2 Å². The monoisotopic (exact) mass is 459 g/mol. The Morgan fingerprint density at radius 2 is 1.67 bits per heavy atom. The number of hydrogen-bond donors (Lipinski definition) is 1. The van der Waals surface area contributed by atoms with Crippen LogP contribution in [0.2, 0.25) is 0 Å². The molecule has 1 unspecified atom stereocenters. The highest BCUT2D eigenvalue weighted by atomic mass is 19.4. The summed E-state index contributed by atoms with van der Waals surface area (Å²) in [5.41, 5.74) is 2.78. The first-order valence-electron chi connectivity index (χ1n) is 10.6. The molecule has 3 rings (SSSR count). The maximum absolute atomic E-state index is 13.0. The molecule has 33 heavy (non-hydrogen) atoms. The maximum atomic E-state index is 13.0. The van der Waals surface area contributed by atoms with E-state index < -0.39 is 11.7 Å². The second kappa shape index (κ2) is 11.2. The first-order valence-corrected chi connectivity index (χ1v) is 10.6. The van der Waals surface area contributed by atoms with Crippen LogP contribution in [-0.2, 0) is 17.5 Å². The number of halogens is 3. The summed E-state index contributed by atoms with van der Waals surface area (Å²) in [4.78, 5) is 0. The molecule has 0 radical (unpaired) electrons. The quantitative estimate of drug-likeness (QED) is 0.364. The van der Waals surface area contributed by atoms with E-state index in [0.29, 0.717) is 31.1 Å². The molecule has 0 fully saturated rings. The Morgan fingerprint density at radius 3 is 2.33 bits per heavy atom. The molecule has 176 valence electrons. The molecule has 4 nitrogen and oxygen atoms in total. The number of methoxy groups -OCH3 is 2. The van der Waals surface area contributed by atoms with Gasteiger partial charge in [-0.2, -0.15) is 13.2 Å². The molecular formula is C26H28F3NO3. The van der Waals surface area contributed by atoms with Crippen LogP contribution in [0.4, 0.5) is 13.2 Å². The second-order valence-corrected chi connectivity index (χ2v) is 7.63. The number of ether oxygens (including phenoxy) is 3. The molecule has 1 N–H and O–H groups in total. The third-order valence-electron chi connectivity index (χ3n) is 5.32. The Hall–Kier alpha value is -3.03. The third-order valence-corrected chi connectivity index (χ3v) is 5.32. The minimum Gasteiger partial charge on any atom is -0.497 e. The number of benzene rings is 3. The molecule has 0 bridgehead atoms. The van der Waals surface area contributed by atoms with Gasteiger partial charge in [-0.05, 0) is 60.0 Å². The Labute approximate surface area is 192 Å². The average Bonchev–Trinajstić information content (AvgIpc) is 2.82. The molecule has 0 aliphatic heterocycles. The molecule has 3 aromatic carbocycles. The lowest BCUT2D eigenvalue weighted by molar-refractivity contribution is -0.137. The molecule has 0 saturated carbocycles. The summed E-state index contributed by atoms with van der Waals surface area (Å²) in [5, 5.41) is 3.48. The summed E-state index contributed by atoms with van der Waals surface area (Å²) < 4.78 is 55.1. The van der Waals surface area contributed by atoms with E-state index in [0.717, 1.165) is 34.6 Å². The highest BCUT2D eigenvalue weighted by Crippen LogP contribution is 2.35. The summed E-state index contributed by atoms with van der Waals surface area (Å²) in [6, 6.07) is 18.8. The zero-order valence-electron chi connectivity index (χ0n) is 18.9. The average molecular weight is 460 g/mol. The fraction of sp³-hybridized carbons (Fsp3) is 0.308. The molecular weight excluding hydrogens is 431 g/mol. The fourth-order valence-corrected chi connectivity index (χ4v) is 3.41. The van der Waals surface area contributed by atoms with Crippen LogP contribution in [0.3, 0.4) is 0 Å². The molecule has 0 saturated heterocycles. The Bertz CT molecular complexity index is 1040. The number of nitrogens with one attached hydrogen (secondary N) is 1. The third kappa shape index (κ3) is 6.73. The van der Waals surface area contributed by atoms with Gasteiger partial charge in [-0.15, -0.1) is 0 Å². The summed E-state index contributed by atoms with van der Waals surface area (Å²) in [6.07, 6.45) is -4.38. The summed E-state index contributed by atoms with van der Waals surface area (Å²) >= 11 is 0. The maximum Gasteiger partial charge on any atom is 0.416 e. The van der Waals surface area contributed by atoms with E-state index in [1.165, 1.54) is 12.1 Å². The van der Waals surface area contributed by atoms with Crippen LogP contribution in [0.5, 0.6) is 11.5 Å². The van der Waals surface area contributed by atoms with Crippen molar-refractivity contribution in [3.05, 3.63) is 83.4 Å². The summed E-state index contributed by atoms with van der Waals surface area (Å²) in [6.45, 7) is 3.39. The van der Waals surface area contributed by atoms with E-state index in [1.807, 2.05) is 42.5 Å². The van der Waals surface area contributed by atoms with Crippen LogP contribution in [0.15, 0.2) is 66.7 Å². The SMILES string of the molecule is COCCOc1ccc(CNC(C)c2cccc(OC)c2)cc1-c1ccc(C(F)(F)F)cc1. The van der Waals surface area contributed by atoms with Crippen molar-refractivity contribution in [1.29, 1.82) is 0 Å². The van der Waals surface area contributed by atoms with Gasteiger partial charge >= 0.3 is 6.18 Å². The molecule has 0 heterocycles. The van der Waals surface area contributed by atoms with Crippen LogP contribution in [0.25, 0.3) is 11.1 Å². The molecule has 0 spiro atoms. The lowest BCUT2D eigenvalue weighted by atomic mass is 10.00. The van der Waals surface area contributed by atoms with Crippen molar-refractivity contribution in [2.75, 3.05) is 27.4 Å². The minimum atomic E-state index is -4.38. The number of hydrogen-bond acceptors (Lipinski definition) is 4. The predicted molar refractivity (Wildman–Crippen MR) is 122 cm³/mol. The van der Waals surface area contributed by atoms with E-state index in [1.54, 1.807) is 14.2 Å². The van der Waals surface area contributed by atoms with Gasteiger partial charge in [-0.25, -0.2) is 0 Å². The van der Waals surface area contributed by atoms with Gasteiger partial charge in [-0.1, -0.05) is 30.3 Å². The van der Waals surface area contributed by atoms with Crippen LogP contribution in [0.1, 0.15) is 29.7 Å². The Balaban J connectivity index is 1.81. The van der Waals surface area contributed by atoms with Crippen molar-refractivity contribution in [1.82, 2.24) is 5.32 Å². The second-order valence-electron chi connectivity index (χ2n) is 7.63. The van der Waals surface area contributed by atoms with Crippen molar-refractivity contribution >= 4 is 0 Å². The van der Waals surface area contributed by atoms with Crippen molar-refractivity contribution < 1.29 is 27.4 Å². The number of alkyl halides is 3. The predicted octanol–water partition coefficient (Wildman–Crippen LogP) is 6.26.